The molecule has 6 heteroatoms. The van der Waals surface area contributed by atoms with E-state index >= 15 is 0 Å². The van der Waals surface area contributed by atoms with Gasteiger partial charge in [0.25, 0.3) is 0 Å². The fraction of sp³-hybridized carbons (Fsp3) is 0.500. The van der Waals surface area contributed by atoms with Crippen molar-refractivity contribution in [2.24, 2.45) is 5.41 Å². The van der Waals surface area contributed by atoms with Gasteiger partial charge in [0.15, 0.2) is 5.11 Å². The summed E-state index contributed by atoms with van der Waals surface area (Å²) in [5, 5.41) is 3.00. The van der Waals surface area contributed by atoms with Crippen molar-refractivity contribution >= 4 is 34.8 Å². The molecule has 5 nitrogen and oxygen atoms in total. The standard InChI is InChI=1S/C18H23N3O2S/c1-4-5-8-21-16(23)18(15(22)19-17(21)24)10-13-9-12(2)6-7-14(13)20(3)11-18/h6-7,9H,4-5,8,10-11H2,1-3H3,(H,19,22,24). The van der Waals surface area contributed by atoms with E-state index in [1.165, 1.54) is 0 Å². The Bertz CT molecular complexity index is 718. The summed E-state index contributed by atoms with van der Waals surface area (Å²) in [4.78, 5) is 29.6. The monoisotopic (exact) mass is 345 g/mol. The van der Waals surface area contributed by atoms with E-state index < -0.39 is 5.41 Å². The van der Waals surface area contributed by atoms with Gasteiger partial charge in [-0.15, -0.1) is 0 Å². The van der Waals surface area contributed by atoms with E-state index in [1.807, 2.05) is 18.9 Å². The van der Waals surface area contributed by atoms with Gasteiger partial charge in [0, 0.05) is 25.8 Å². The highest BCUT2D eigenvalue weighted by Crippen LogP contribution is 2.39. The first-order valence-electron chi connectivity index (χ1n) is 8.37. The van der Waals surface area contributed by atoms with Gasteiger partial charge < -0.3 is 10.2 Å². The summed E-state index contributed by atoms with van der Waals surface area (Å²) >= 11 is 5.23. The summed E-state index contributed by atoms with van der Waals surface area (Å²) in [7, 11) is 1.93. The van der Waals surface area contributed by atoms with Crippen LogP contribution in [0.5, 0.6) is 0 Å². The molecule has 0 aliphatic carbocycles. The smallest absolute Gasteiger partial charge is 0.246 e. The van der Waals surface area contributed by atoms with Crippen molar-refractivity contribution in [3.8, 4) is 0 Å². The maximum Gasteiger partial charge on any atom is 0.246 e. The molecule has 1 saturated heterocycles. The zero-order valence-corrected chi connectivity index (χ0v) is 15.2. The van der Waals surface area contributed by atoms with Gasteiger partial charge in [-0.25, -0.2) is 0 Å². The molecule has 0 aromatic heterocycles. The lowest BCUT2D eigenvalue weighted by atomic mass is 9.74. The fourth-order valence-electron chi connectivity index (χ4n) is 3.65. The number of nitrogens with one attached hydrogen (secondary N) is 1. The van der Waals surface area contributed by atoms with Gasteiger partial charge in [-0.2, -0.15) is 0 Å². The second kappa shape index (κ2) is 6.16. The second-order valence-electron chi connectivity index (χ2n) is 6.82. The number of unbranched alkanes of at least 4 members (excludes halogenated alkanes) is 1. The van der Waals surface area contributed by atoms with E-state index in [9.17, 15) is 9.59 Å². The van der Waals surface area contributed by atoms with Crippen molar-refractivity contribution in [2.75, 3.05) is 25.0 Å². The Morgan fingerprint density at radius 1 is 1.33 bits per heavy atom. The third-order valence-electron chi connectivity index (χ3n) is 4.94. The van der Waals surface area contributed by atoms with Gasteiger partial charge in [0.05, 0.1) is 0 Å². The summed E-state index contributed by atoms with van der Waals surface area (Å²) in [6.45, 7) is 5.02. The summed E-state index contributed by atoms with van der Waals surface area (Å²) in [5.74, 6) is -0.437. The lowest BCUT2D eigenvalue weighted by molar-refractivity contribution is -0.149. The van der Waals surface area contributed by atoms with E-state index in [-0.39, 0.29) is 16.9 Å². The Balaban J connectivity index is 2.00. The van der Waals surface area contributed by atoms with E-state index in [2.05, 4.69) is 30.4 Å². The minimum absolute atomic E-state index is 0.163. The number of hydrogen-bond donors (Lipinski definition) is 1. The molecule has 2 aliphatic rings. The number of hydrogen-bond acceptors (Lipinski definition) is 4. The Morgan fingerprint density at radius 2 is 2.08 bits per heavy atom. The molecule has 1 unspecified atom stereocenters. The Labute approximate surface area is 148 Å². The molecule has 1 aromatic carbocycles. The average Bonchev–Trinajstić information content (AvgIpc) is 2.53. The first-order valence-corrected chi connectivity index (χ1v) is 8.78. The van der Waals surface area contributed by atoms with Gasteiger partial charge in [-0.05, 0) is 43.6 Å². The van der Waals surface area contributed by atoms with Crippen LogP contribution in [-0.2, 0) is 16.0 Å². The van der Waals surface area contributed by atoms with Gasteiger partial charge in [0.2, 0.25) is 11.8 Å². The predicted molar refractivity (Wildman–Crippen MR) is 97.9 cm³/mol. The van der Waals surface area contributed by atoms with Crippen LogP contribution in [0.3, 0.4) is 0 Å². The number of benzene rings is 1. The molecule has 1 N–H and O–H groups in total. The number of carbonyl (C=O) groups is 2. The summed E-state index contributed by atoms with van der Waals surface area (Å²) in [6, 6.07) is 6.18. The molecule has 1 spiro atoms. The maximum absolute atomic E-state index is 13.2. The van der Waals surface area contributed by atoms with E-state index in [4.69, 9.17) is 12.2 Å². The molecule has 0 radical (unpaired) electrons. The molecular weight excluding hydrogens is 322 g/mol. The molecule has 0 saturated carbocycles. The molecule has 24 heavy (non-hydrogen) atoms. The zero-order valence-electron chi connectivity index (χ0n) is 14.4. The topological polar surface area (TPSA) is 52.7 Å². The van der Waals surface area contributed by atoms with Crippen molar-refractivity contribution < 1.29 is 9.59 Å². The summed E-state index contributed by atoms with van der Waals surface area (Å²) in [6.07, 6.45) is 2.25. The predicted octanol–water partition coefficient (Wildman–Crippen LogP) is 2.02. The normalized spacial score (nSPS) is 23.5. The van der Waals surface area contributed by atoms with Crippen LogP contribution in [0.25, 0.3) is 0 Å². The summed E-state index contributed by atoms with van der Waals surface area (Å²) in [5.41, 5.74) is 2.16. The van der Waals surface area contributed by atoms with Crippen molar-refractivity contribution in [1.82, 2.24) is 10.2 Å². The molecule has 1 fully saturated rings. The molecule has 1 atom stereocenters. The molecular formula is C18H23N3O2S. The molecule has 1 aromatic rings. The number of anilines is 1. The second-order valence-corrected chi connectivity index (χ2v) is 7.20. The number of nitrogens with zero attached hydrogens (tertiary/aromatic N) is 2. The molecule has 0 bridgehead atoms. The van der Waals surface area contributed by atoms with Crippen molar-refractivity contribution in [2.45, 2.75) is 33.1 Å². The fourth-order valence-corrected chi connectivity index (χ4v) is 3.91. The van der Waals surface area contributed by atoms with Crippen LogP contribution in [-0.4, -0.2) is 42.0 Å². The molecule has 3 rings (SSSR count). The first-order chi connectivity index (χ1) is 11.4. The van der Waals surface area contributed by atoms with E-state index in [1.54, 1.807) is 4.90 Å². The number of carbonyl (C=O) groups excluding carboxylic acids is 2. The highest BCUT2D eigenvalue weighted by Gasteiger charge is 2.55. The van der Waals surface area contributed by atoms with Crippen LogP contribution in [0.1, 0.15) is 30.9 Å². The molecule has 2 heterocycles. The van der Waals surface area contributed by atoms with Crippen LogP contribution in [0.4, 0.5) is 5.69 Å². The number of fused-ring (bicyclic) bond motifs is 1. The minimum Gasteiger partial charge on any atom is -0.373 e. The van der Waals surface area contributed by atoms with Gasteiger partial charge >= 0.3 is 0 Å². The van der Waals surface area contributed by atoms with E-state index in [0.717, 1.165) is 29.7 Å². The Hall–Kier alpha value is -1.95. The quantitative estimate of drug-likeness (QED) is 0.673. The number of thiocarbonyl (C=S) groups is 1. The Kier molecular flexibility index (Phi) is 4.34. The maximum atomic E-state index is 13.2. The van der Waals surface area contributed by atoms with Crippen LogP contribution in [0.2, 0.25) is 0 Å². The van der Waals surface area contributed by atoms with Crippen LogP contribution >= 0.6 is 12.2 Å². The zero-order chi connectivity index (χ0) is 17.5. The van der Waals surface area contributed by atoms with Crippen LogP contribution in [0.15, 0.2) is 18.2 Å². The van der Waals surface area contributed by atoms with Gasteiger partial charge in [-0.3, -0.25) is 14.5 Å². The molecule has 128 valence electrons. The molecule has 2 aliphatic heterocycles. The number of aryl methyl sites for hydroxylation is 1. The SMILES string of the molecule is CCCCN1C(=O)C2(Cc3cc(C)ccc3N(C)C2)C(=O)NC1=S. The summed E-state index contributed by atoms with van der Waals surface area (Å²) < 4.78 is 0. The van der Waals surface area contributed by atoms with E-state index in [0.29, 0.717) is 19.5 Å². The minimum atomic E-state index is -1.09. The van der Waals surface area contributed by atoms with Crippen molar-refractivity contribution in [3.05, 3.63) is 29.3 Å². The highest BCUT2D eigenvalue weighted by molar-refractivity contribution is 7.80. The average molecular weight is 345 g/mol. The van der Waals surface area contributed by atoms with Crippen molar-refractivity contribution in [1.29, 1.82) is 0 Å². The highest BCUT2D eigenvalue weighted by atomic mass is 32.1. The third-order valence-corrected chi connectivity index (χ3v) is 5.26. The van der Waals surface area contributed by atoms with Crippen LogP contribution < -0.4 is 10.2 Å². The number of amides is 2. The Morgan fingerprint density at radius 3 is 2.79 bits per heavy atom. The molecule has 2 amide bonds. The lowest BCUT2D eigenvalue weighted by Gasteiger charge is -2.46. The third kappa shape index (κ3) is 2.59. The van der Waals surface area contributed by atoms with Gasteiger partial charge in [-0.1, -0.05) is 31.0 Å². The van der Waals surface area contributed by atoms with Crippen molar-refractivity contribution in [3.63, 3.8) is 0 Å². The van der Waals surface area contributed by atoms with Crippen LogP contribution in [0, 0.1) is 12.3 Å². The largest absolute Gasteiger partial charge is 0.373 e. The van der Waals surface area contributed by atoms with Gasteiger partial charge in [0.1, 0.15) is 5.41 Å². The lowest BCUT2D eigenvalue weighted by Crippen LogP contribution is -2.68. The number of rotatable bonds is 3. The first kappa shape index (κ1) is 16.9.